The number of aliphatic hydroxyl groups is 1. The molecular formula is C19H24FN3O2. The summed E-state index contributed by atoms with van der Waals surface area (Å²) in [7, 11) is 3.91. The second-order valence-electron chi connectivity index (χ2n) is 6.38. The molecule has 0 aliphatic heterocycles. The fourth-order valence-corrected chi connectivity index (χ4v) is 2.35. The molecule has 0 fully saturated rings. The average Bonchev–Trinajstić information content (AvgIpc) is 2.59. The third-order valence-electron chi connectivity index (χ3n) is 3.94. The van der Waals surface area contributed by atoms with E-state index in [-0.39, 0.29) is 18.4 Å². The van der Waals surface area contributed by atoms with Crippen LogP contribution in [-0.2, 0) is 12.1 Å². The van der Waals surface area contributed by atoms with Crippen molar-refractivity contribution in [3.05, 3.63) is 65.5 Å². The van der Waals surface area contributed by atoms with Gasteiger partial charge in [0.1, 0.15) is 11.4 Å². The first-order valence-corrected chi connectivity index (χ1v) is 8.04. The van der Waals surface area contributed by atoms with Gasteiger partial charge in [-0.3, -0.25) is 0 Å². The number of carbonyl (C=O) groups excluding carboxylic acids is 1. The molecule has 25 heavy (non-hydrogen) atoms. The van der Waals surface area contributed by atoms with Crippen molar-refractivity contribution >= 4 is 11.7 Å². The molecule has 134 valence electrons. The SMILES string of the molecule is CN(C)c1cccc(CNC(=O)NCC(C)(O)c2ccc(F)cc2)c1. The van der Waals surface area contributed by atoms with Gasteiger partial charge in [0.2, 0.25) is 0 Å². The second-order valence-corrected chi connectivity index (χ2v) is 6.38. The van der Waals surface area contributed by atoms with Crippen LogP contribution in [0.4, 0.5) is 14.9 Å². The number of amides is 2. The molecule has 0 bridgehead atoms. The first-order chi connectivity index (χ1) is 11.8. The van der Waals surface area contributed by atoms with Crippen LogP contribution in [0.1, 0.15) is 18.1 Å². The van der Waals surface area contributed by atoms with E-state index >= 15 is 0 Å². The minimum Gasteiger partial charge on any atom is -0.384 e. The molecule has 0 aliphatic rings. The van der Waals surface area contributed by atoms with E-state index in [0.717, 1.165) is 11.3 Å². The van der Waals surface area contributed by atoms with Crippen molar-refractivity contribution in [1.29, 1.82) is 0 Å². The van der Waals surface area contributed by atoms with Crippen LogP contribution in [0, 0.1) is 5.82 Å². The van der Waals surface area contributed by atoms with Crippen LogP contribution in [-0.4, -0.2) is 31.8 Å². The Morgan fingerprint density at radius 3 is 2.48 bits per heavy atom. The van der Waals surface area contributed by atoms with Crippen LogP contribution in [0.3, 0.4) is 0 Å². The molecule has 3 N–H and O–H groups in total. The van der Waals surface area contributed by atoms with Crippen LogP contribution in [0.2, 0.25) is 0 Å². The summed E-state index contributed by atoms with van der Waals surface area (Å²) in [6.07, 6.45) is 0. The molecule has 2 aromatic carbocycles. The van der Waals surface area contributed by atoms with E-state index in [1.54, 1.807) is 6.92 Å². The minimum absolute atomic E-state index is 0.0161. The van der Waals surface area contributed by atoms with Crippen LogP contribution in [0.15, 0.2) is 48.5 Å². The Balaban J connectivity index is 1.86. The highest BCUT2D eigenvalue weighted by Gasteiger charge is 2.23. The van der Waals surface area contributed by atoms with Gasteiger partial charge in [0.05, 0.1) is 6.54 Å². The fourth-order valence-electron chi connectivity index (χ4n) is 2.35. The lowest BCUT2D eigenvalue weighted by Gasteiger charge is -2.24. The molecule has 1 unspecified atom stereocenters. The zero-order chi connectivity index (χ0) is 18.4. The summed E-state index contributed by atoms with van der Waals surface area (Å²) in [5.41, 5.74) is 1.29. The number of nitrogens with one attached hydrogen (secondary N) is 2. The summed E-state index contributed by atoms with van der Waals surface area (Å²) < 4.78 is 13.0. The molecule has 2 aromatic rings. The van der Waals surface area contributed by atoms with Crippen molar-refractivity contribution in [2.75, 3.05) is 25.5 Å². The number of hydrogen-bond donors (Lipinski definition) is 3. The van der Waals surface area contributed by atoms with Gasteiger partial charge < -0.3 is 20.6 Å². The van der Waals surface area contributed by atoms with Gasteiger partial charge in [0, 0.05) is 26.3 Å². The molecule has 0 spiro atoms. The minimum atomic E-state index is -1.28. The fraction of sp³-hybridized carbons (Fsp3) is 0.316. The molecule has 1 atom stereocenters. The number of carbonyl (C=O) groups is 1. The van der Waals surface area contributed by atoms with E-state index in [4.69, 9.17) is 0 Å². The summed E-state index contributed by atoms with van der Waals surface area (Å²) in [6, 6.07) is 13.0. The highest BCUT2D eigenvalue weighted by atomic mass is 19.1. The molecule has 0 saturated heterocycles. The molecule has 2 rings (SSSR count). The average molecular weight is 345 g/mol. The van der Waals surface area contributed by atoms with Crippen LogP contribution >= 0.6 is 0 Å². The lowest BCUT2D eigenvalue weighted by molar-refractivity contribution is 0.0593. The lowest BCUT2D eigenvalue weighted by atomic mass is 9.96. The van der Waals surface area contributed by atoms with Crippen molar-refractivity contribution in [3.8, 4) is 0 Å². The molecular weight excluding hydrogens is 321 g/mol. The van der Waals surface area contributed by atoms with Gasteiger partial charge >= 0.3 is 6.03 Å². The maximum atomic E-state index is 13.0. The monoisotopic (exact) mass is 345 g/mol. The van der Waals surface area contributed by atoms with E-state index in [2.05, 4.69) is 10.6 Å². The van der Waals surface area contributed by atoms with Gasteiger partial charge in [0.25, 0.3) is 0 Å². The Kier molecular flexibility index (Phi) is 5.98. The predicted molar refractivity (Wildman–Crippen MR) is 97.0 cm³/mol. The summed E-state index contributed by atoms with van der Waals surface area (Å²) in [4.78, 5) is 14.0. The maximum absolute atomic E-state index is 13.0. The molecule has 5 nitrogen and oxygen atoms in total. The lowest BCUT2D eigenvalue weighted by Crippen LogP contribution is -2.43. The van der Waals surface area contributed by atoms with Gasteiger partial charge in [-0.25, -0.2) is 9.18 Å². The smallest absolute Gasteiger partial charge is 0.315 e. The van der Waals surface area contributed by atoms with E-state index in [1.165, 1.54) is 24.3 Å². The highest BCUT2D eigenvalue weighted by molar-refractivity contribution is 5.74. The topological polar surface area (TPSA) is 64.6 Å². The van der Waals surface area contributed by atoms with E-state index in [9.17, 15) is 14.3 Å². The number of halogens is 1. The highest BCUT2D eigenvalue weighted by Crippen LogP contribution is 2.19. The number of benzene rings is 2. The maximum Gasteiger partial charge on any atom is 0.315 e. The van der Waals surface area contributed by atoms with Crippen molar-refractivity contribution in [1.82, 2.24) is 10.6 Å². The molecule has 0 heterocycles. The summed E-state index contributed by atoms with van der Waals surface area (Å²) in [6.45, 7) is 1.97. The standard InChI is InChI=1S/C19H24FN3O2/c1-19(25,15-7-9-16(20)10-8-15)13-22-18(24)21-12-14-5-4-6-17(11-14)23(2)3/h4-11,25H,12-13H2,1-3H3,(H2,21,22,24). The molecule has 0 aromatic heterocycles. The predicted octanol–water partition coefficient (Wildman–Crippen LogP) is 2.60. The van der Waals surface area contributed by atoms with Crippen molar-refractivity contribution in [2.24, 2.45) is 0 Å². The number of anilines is 1. The van der Waals surface area contributed by atoms with Gasteiger partial charge in [-0.1, -0.05) is 24.3 Å². The Morgan fingerprint density at radius 1 is 1.16 bits per heavy atom. The van der Waals surface area contributed by atoms with E-state index < -0.39 is 5.60 Å². The number of nitrogens with zero attached hydrogens (tertiary/aromatic N) is 1. The third kappa shape index (κ3) is 5.46. The molecule has 0 aliphatic carbocycles. The van der Waals surface area contributed by atoms with Gasteiger partial charge in [-0.15, -0.1) is 0 Å². The number of rotatable bonds is 6. The Bertz CT molecular complexity index is 715. The van der Waals surface area contributed by atoms with Gasteiger partial charge in [-0.05, 0) is 42.3 Å². The van der Waals surface area contributed by atoms with Gasteiger partial charge in [0.15, 0.2) is 0 Å². The zero-order valence-electron chi connectivity index (χ0n) is 14.7. The summed E-state index contributed by atoms with van der Waals surface area (Å²) in [5, 5.41) is 15.8. The van der Waals surface area contributed by atoms with Crippen LogP contribution in [0.25, 0.3) is 0 Å². The Hall–Kier alpha value is -2.60. The van der Waals surface area contributed by atoms with Crippen molar-refractivity contribution < 1.29 is 14.3 Å². The molecule has 0 saturated carbocycles. The number of hydrogen-bond acceptors (Lipinski definition) is 3. The Labute approximate surface area is 147 Å². The first-order valence-electron chi connectivity index (χ1n) is 8.04. The summed E-state index contributed by atoms with van der Waals surface area (Å²) >= 11 is 0. The summed E-state index contributed by atoms with van der Waals surface area (Å²) in [5.74, 6) is -0.370. The normalized spacial score (nSPS) is 13.0. The Morgan fingerprint density at radius 2 is 1.84 bits per heavy atom. The van der Waals surface area contributed by atoms with E-state index in [0.29, 0.717) is 12.1 Å². The van der Waals surface area contributed by atoms with Crippen LogP contribution < -0.4 is 15.5 Å². The zero-order valence-corrected chi connectivity index (χ0v) is 14.7. The quantitative estimate of drug-likeness (QED) is 0.754. The van der Waals surface area contributed by atoms with Gasteiger partial charge in [-0.2, -0.15) is 0 Å². The first kappa shape index (κ1) is 18.7. The molecule has 2 amide bonds. The van der Waals surface area contributed by atoms with Crippen molar-refractivity contribution in [2.45, 2.75) is 19.1 Å². The largest absolute Gasteiger partial charge is 0.384 e. The van der Waals surface area contributed by atoms with Crippen molar-refractivity contribution in [3.63, 3.8) is 0 Å². The second kappa shape index (κ2) is 7.98. The molecule has 6 heteroatoms. The third-order valence-corrected chi connectivity index (χ3v) is 3.94. The van der Waals surface area contributed by atoms with E-state index in [1.807, 2.05) is 43.3 Å². The molecule has 0 radical (unpaired) electrons. The van der Waals surface area contributed by atoms with Crippen LogP contribution in [0.5, 0.6) is 0 Å². The number of urea groups is 1.